The van der Waals surface area contributed by atoms with E-state index in [0.29, 0.717) is 12.2 Å². The number of carbonyl (C=O) groups is 1. The fourth-order valence-electron chi connectivity index (χ4n) is 2.88. The largest absolute Gasteiger partial charge is 0.298 e. The summed E-state index contributed by atoms with van der Waals surface area (Å²) in [5.41, 5.74) is 1.19. The van der Waals surface area contributed by atoms with Gasteiger partial charge in [0.15, 0.2) is 0 Å². The predicted molar refractivity (Wildman–Crippen MR) is 96.0 cm³/mol. The summed E-state index contributed by atoms with van der Waals surface area (Å²) in [6.45, 7) is 0. The Bertz CT molecular complexity index is 845. The molecule has 0 aliphatic heterocycles. The summed E-state index contributed by atoms with van der Waals surface area (Å²) in [5, 5.41) is 2.07. The lowest BCUT2D eigenvalue weighted by atomic mass is 9.99. The first-order valence-corrected chi connectivity index (χ1v) is 9.50. The van der Waals surface area contributed by atoms with E-state index in [1.807, 2.05) is 18.2 Å². The number of thiophene rings is 1. The lowest BCUT2D eigenvalue weighted by Gasteiger charge is -2.19. The van der Waals surface area contributed by atoms with Crippen LogP contribution in [0.3, 0.4) is 0 Å². The number of aromatic nitrogens is 2. The zero-order valence-corrected chi connectivity index (χ0v) is 14.2. The van der Waals surface area contributed by atoms with Gasteiger partial charge in [-0.1, -0.05) is 48.5 Å². The fourth-order valence-corrected chi connectivity index (χ4v) is 5.15. The number of benzene rings is 1. The van der Waals surface area contributed by atoms with Crippen molar-refractivity contribution in [2.45, 2.75) is 36.0 Å². The van der Waals surface area contributed by atoms with Gasteiger partial charge in [0.25, 0.3) is 0 Å². The predicted octanol–water partition coefficient (Wildman–Crippen LogP) is 4.96. The van der Waals surface area contributed by atoms with Gasteiger partial charge in [0.1, 0.15) is 22.0 Å². The Labute approximate surface area is 143 Å². The summed E-state index contributed by atoms with van der Waals surface area (Å²) in [5.74, 6) is 0.367. The molecule has 1 fully saturated rings. The maximum Gasteiger partial charge on any atom is 0.146 e. The first kappa shape index (κ1) is 14.8. The summed E-state index contributed by atoms with van der Waals surface area (Å²) in [7, 11) is 0. The van der Waals surface area contributed by atoms with Gasteiger partial charge >= 0.3 is 0 Å². The molecular formula is C18H16N2OS2. The number of nitrogens with zero attached hydrogens (tertiary/aromatic N) is 2. The van der Waals surface area contributed by atoms with E-state index in [-0.39, 0.29) is 5.25 Å². The second kappa shape index (κ2) is 6.42. The molecule has 1 aromatic carbocycles. The molecular weight excluding hydrogens is 324 g/mol. The van der Waals surface area contributed by atoms with Crippen LogP contribution in [0.5, 0.6) is 0 Å². The van der Waals surface area contributed by atoms with E-state index < -0.39 is 0 Å². The van der Waals surface area contributed by atoms with Gasteiger partial charge in [-0.25, -0.2) is 9.97 Å². The monoisotopic (exact) mass is 340 g/mol. The van der Waals surface area contributed by atoms with Gasteiger partial charge in [-0.3, -0.25) is 4.79 Å². The molecule has 23 heavy (non-hydrogen) atoms. The van der Waals surface area contributed by atoms with Crippen LogP contribution in [0.1, 0.15) is 25.7 Å². The highest BCUT2D eigenvalue weighted by molar-refractivity contribution is 8.00. The maximum absolute atomic E-state index is 12.1. The van der Waals surface area contributed by atoms with Crippen LogP contribution in [-0.2, 0) is 4.79 Å². The number of fused-ring (bicyclic) bond motifs is 1. The van der Waals surface area contributed by atoms with Crippen molar-refractivity contribution >= 4 is 39.1 Å². The first-order chi connectivity index (χ1) is 11.3. The van der Waals surface area contributed by atoms with Crippen LogP contribution in [0.15, 0.2) is 47.8 Å². The van der Waals surface area contributed by atoms with Crippen LogP contribution in [0.25, 0.3) is 20.7 Å². The molecule has 1 atom stereocenters. The summed E-state index contributed by atoms with van der Waals surface area (Å²) in [4.78, 5) is 23.1. The molecule has 0 N–H and O–H groups in total. The summed E-state index contributed by atoms with van der Waals surface area (Å²) < 4.78 is 0. The Morgan fingerprint density at radius 2 is 2.00 bits per heavy atom. The number of thioether (sulfide) groups is 1. The van der Waals surface area contributed by atoms with Crippen LogP contribution in [0.2, 0.25) is 0 Å². The fraction of sp³-hybridized carbons (Fsp3) is 0.278. The minimum absolute atomic E-state index is 0.0573. The molecule has 0 radical (unpaired) electrons. The Balaban J connectivity index is 1.70. The molecule has 0 bridgehead atoms. The van der Waals surface area contributed by atoms with Crippen molar-refractivity contribution in [3.05, 3.63) is 42.7 Å². The van der Waals surface area contributed by atoms with E-state index >= 15 is 0 Å². The molecule has 3 nitrogen and oxygen atoms in total. The third-order valence-electron chi connectivity index (χ3n) is 4.10. The highest BCUT2D eigenvalue weighted by Crippen LogP contribution is 2.39. The maximum atomic E-state index is 12.1. The molecule has 1 aliphatic rings. The molecule has 1 aliphatic carbocycles. The van der Waals surface area contributed by atoms with Gasteiger partial charge in [0.05, 0.1) is 5.25 Å². The SMILES string of the molecule is O=C1CCCC[C@H]1Sc1ncnc2sc(-c3ccccc3)cc12. The number of rotatable bonds is 3. The minimum Gasteiger partial charge on any atom is -0.298 e. The van der Waals surface area contributed by atoms with Gasteiger partial charge in [-0.05, 0) is 24.5 Å². The van der Waals surface area contributed by atoms with Crippen molar-refractivity contribution in [2.75, 3.05) is 0 Å². The topological polar surface area (TPSA) is 42.9 Å². The summed E-state index contributed by atoms with van der Waals surface area (Å²) in [6, 6.07) is 12.5. The van der Waals surface area contributed by atoms with E-state index in [1.165, 1.54) is 10.4 Å². The van der Waals surface area contributed by atoms with Gasteiger partial charge in [0, 0.05) is 16.7 Å². The smallest absolute Gasteiger partial charge is 0.146 e. The Morgan fingerprint density at radius 3 is 2.83 bits per heavy atom. The van der Waals surface area contributed by atoms with Crippen molar-refractivity contribution in [1.29, 1.82) is 0 Å². The number of Topliss-reactive ketones (excluding diaryl/α,β-unsaturated/α-hetero) is 1. The number of carbonyl (C=O) groups excluding carboxylic acids is 1. The molecule has 0 unspecified atom stereocenters. The second-order valence-corrected chi connectivity index (χ2v) is 7.91. The van der Waals surface area contributed by atoms with Crippen molar-refractivity contribution in [3.63, 3.8) is 0 Å². The molecule has 3 aromatic rings. The highest BCUT2D eigenvalue weighted by Gasteiger charge is 2.24. The minimum atomic E-state index is 0.0573. The van der Waals surface area contributed by atoms with Crippen LogP contribution < -0.4 is 0 Å². The third-order valence-corrected chi connectivity index (χ3v) is 6.53. The van der Waals surface area contributed by atoms with Crippen molar-refractivity contribution in [2.24, 2.45) is 0 Å². The van der Waals surface area contributed by atoms with Crippen LogP contribution in [0.4, 0.5) is 0 Å². The van der Waals surface area contributed by atoms with Crippen molar-refractivity contribution in [1.82, 2.24) is 9.97 Å². The quantitative estimate of drug-likeness (QED) is 0.632. The number of hydrogen-bond donors (Lipinski definition) is 0. The highest BCUT2D eigenvalue weighted by atomic mass is 32.2. The molecule has 0 saturated heterocycles. The van der Waals surface area contributed by atoms with Crippen molar-refractivity contribution in [3.8, 4) is 10.4 Å². The van der Waals surface area contributed by atoms with Crippen LogP contribution in [0, 0.1) is 0 Å². The molecule has 2 aromatic heterocycles. The zero-order valence-electron chi connectivity index (χ0n) is 12.6. The lowest BCUT2D eigenvalue weighted by molar-refractivity contribution is -0.119. The van der Waals surface area contributed by atoms with E-state index in [9.17, 15) is 4.79 Å². The van der Waals surface area contributed by atoms with Gasteiger partial charge in [-0.15, -0.1) is 11.3 Å². The average Bonchev–Trinajstić information content (AvgIpc) is 3.03. The molecule has 2 heterocycles. The number of hydrogen-bond acceptors (Lipinski definition) is 5. The molecule has 1 saturated carbocycles. The second-order valence-electron chi connectivity index (χ2n) is 5.69. The average molecular weight is 340 g/mol. The van der Waals surface area contributed by atoms with Crippen molar-refractivity contribution < 1.29 is 4.79 Å². The standard InChI is InChI=1S/C18H16N2OS2/c21-14-8-4-5-9-15(14)22-17-13-10-16(12-6-2-1-3-7-12)23-18(13)20-11-19-17/h1-3,6-7,10-11,15H,4-5,8-9H2/t15-/m1/s1. The summed E-state index contributed by atoms with van der Waals surface area (Å²) in [6.07, 6.45) is 5.46. The van der Waals surface area contributed by atoms with E-state index in [1.54, 1.807) is 29.4 Å². The van der Waals surface area contributed by atoms with Gasteiger partial charge in [0.2, 0.25) is 0 Å². The normalized spacial score (nSPS) is 18.4. The summed E-state index contributed by atoms with van der Waals surface area (Å²) >= 11 is 3.29. The Kier molecular flexibility index (Phi) is 4.14. The van der Waals surface area contributed by atoms with Gasteiger partial charge < -0.3 is 0 Å². The van der Waals surface area contributed by atoms with Crippen LogP contribution >= 0.6 is 23.1 Å². The van der Waals surface area contributed by atoms with E-state index in [0.717, 1.165) is 34.5 Å². The third kappa shape index (κ3) is 3.03. The van der Waals surface area contributed by atoms with E-state index in [2.05, 4.69) is 28.2 Å². The zero-order chi connectivity index (χ0) is 15.6. The van der Waals surface area contributed by atoms with E-state index in [4.69, 9.17) is 0 Å². The number of ketones is 1. The molecule has 0 spiro atoms. The Hall–Kier alpha value is -1.72. The van der Waals surface area contributed by atoms with Crippen LogP contribution in [-0.4, -0.2) is 21.0 Å². The molecule has 116 valence electrons. The molecule has 5 heteroatoms. The Morgan fingerprint density at radius 1 is 1.13 bits per heavy atom. The molecule has 4 rings (SSSR count). The molecule has 0 amide bonds. The lowest BCUT2D eigenvalue weighted by Crippen LogP contribution is -2.21. The van der Waals surface area contributed by atoms with Gasteiger partial charge in [-0.2, -0.15) is 0 Å². The first-order valence-electron chi connectivity index (χ1n) is 7.80.